The third-order valence-corrected chi connectivity index (χ3v) is 7.65. The van der Waals surface area contributed by atoms with Gasteiger partial charge in [0, 0.05) is 18.7 Å². The number of methoxy groups -OCH3 is 3. The molecule has 0 saturated carbocycles. The van der Waals surface area contributed by atoms with E-state index >= 15 is 0 Å². The maximum Gasteiger partial charge on any atom is 1.00 e. The summed E-state index contributed by atoms with van der Waals surface area (Å²) in [6.07, 6.45) is -7.94. The molecule has 270 valence electrons. The zero-order valence-corrected chi connectivity index (χ0v) is 30.8. The van der Waals surface area contributed by atoms with Crippen LogP contribution >= 0.6 is 0 Å². The van der Waals surface area contributed by atoms with Crippen LogP contribution in [0.3, 0.4) is 0 Å². The van der Waals surface area contributed by atoms with E-state index in [2.05, 4.69) is 9.97 Å². The second-order valence-electron chi connectivity index (χ2n) is 11.5. The van der Waals surface area contributed by atoms with Crippen molar-refractivity contribution < 1.29 is 86.2 Å². The first-order valence-electron chi connectivity index (χ1n) is 15.2. The van der Waals surface area contributed by atoms with E-state index in [1.807, 2.05) is 26.0 Å². The number of aliphatic carboxylic acids is 1. The normalized spacial score (nSPS) is 11.5. The van der Waals surface area contributed by atoms with Crippen molar-refractivity contribution >= 4 is 11.9 Å². The summed E-state index contributed by atoms with van der Waals surface area (Å²) in [7, 11) is 4.38. The van der Waals surface area contributed by atoms with Crippen molar-refractivity contribution in [3.05, 3.63) is 88.7 Å². The number of anilines is 1. The molecule has 4 rings (SSSR count). The third-order valence-electron chi connectivity index (χ3n) is 7.65. The molecule has 3 aromatic carbocycles. The van der Waals surface area contributed by atoms with Crippen LogP contribution in [0.1, 0.15) is 55.4 Å². The van der Waals surface area contributed by atoms with E-state index in [1.165, 1.54) is 38.6 Å². The Morgan fingerprint density at radius 3 is 1.88 bits per heavy atom. The van der Waals surface area contributed by atoms with Gasteiger partial charge in [0.25, 0.3) is 0 Å². The SMILES string of the molecule is COc1cc(CN(Cc2cc(C(F)(F)F)cc(C(F)(F)F)c2)c2ncc(OCCC(=O)O)cn2)c(-c2cc(C(C)C)ccc2OC)cc1OC.[H-].[Na+]. The van der Waals surface area contributed by atoms with Crippen molar-refractivity contribution in [2.24, 2.45) is 0 Å². The first-order chi connectivity index (χ1) is 23.5. The molecule has 51 heavy (non-hydrogen) atoms. The van der Waals surface area contributed by atoms with Crippen LogP contribution in [-0.2, 0) is 30.2 Å². The zero-order valence-electron chi connectivity index (χ0n) is 29.8. The van der Waals surface area contributed by atoms with Gasteiger partial charge < -0.3 is 30.4 Å². The number of aromatic nitrogens is 2. The molecule has 1 aromatic heterocycles. The number of ether oxygens (including phenoxy) is 4. The predicted molar refractivity (Wildman–Crippen MR) is 173 cm³/mol. The molecule has 0 fully saturated rings. The minimum atomic E-state index is -5.05. The van der Waals surface area contributed by atoms with Crippen molar-refractivity contribution in [1.29, 1.82) is 0 Å². The Morgan fingerprint density at radius 2 is 1.37 bits per heavy atom. The number of hydrogen-bond acceptors (Lipinski definition) is 8. The Labute approximate surface area is 314 Å². The van der Waals surface area contributed by atoms with E-state index in [-0.39, 0.29) is 79.8 Å². The molecule has 0 aliphatic heterocycles. The molecule has 9 nitrogen and oxygen atoms in total. The van der Waals surface area contributed by atoms with E-state index in [9.17, 15) is 31.1 Å². The van der Waals surface area contributed by atoms with Crippen LogP contribution < -0.4 is 53.4 Å². The monoisotopic (exact) mass is 731 g/mol. The molecule has 1 heterocycles. The topological polar surface area (TPSA) is 103 Å². The minimum Gasteiger partial charge on any atom is -1.00 e. The van der Waals surface area contributed by atoms with Gasteiger partial charge in [0.2, 0.25) is 5.95 Å². The second kappa shape index (κ2) is 17.3. The molecule has 0 atom stereocenters. The van der Waals surface area contributed by atoms with Crippen molar-refractivity contribution in [1.82, 2.24) is 9.97 Å². The number of halogens is 6. The molecule has 0 saturated heterocycles. The Balaban J connectivity index is 0.00000468. The first kappa shape index (κ1) is 41.2. The molecular formula is C35H36F6N3NaO6. The summed E-state index contributed by atoms with van der Waals surface area (Å²) in [6, 6.07) is 10.4. The molecule has 0 bridgehead atoms. The quantitative estimate of drug-likeness (QED) is 0.133. The summed E-state index contributed by atoms with van der Waals surface area (Å²) in [6.45, 7) is 3.22. The van der Waals surface area contributed by atoms with Crippen LogP contribution in [0.15, 0.2) is 60.9 Å². The van der Waals surface area contributed by atoms with Gasteiger partial charge in [-0.3, -0.25) is 4.79 Å². The van der Waals surface area contributed by atoms with E-state index in [1.54, 1.807) is 18.2 Å². The fourth-order valence-corrected chi connectivity index (χ4v) is 5.14. The van der Waals surface area contributed by atoms with Crippen LogP contribution in [0.2, 0.25) is 0 Å². The zero-order chi connectivity index (χ0) is 36.8. The van der Waals surface area contributed by atoms with Gasteiger partial charge in [-0.05, 0) is 70.6 Å². The Kier molecular flexibility index (Phi) is 14.0. The molecule has 16 heteroatoms. The fraction of sp³-hybridized carbons (Fsp3) is 0.343. The Bertz CT molecular complexity index is 1780. The number of carboxylic acids is 1. The summed E-state index contributed by atoms with van der Waals surface area (Å²) in [5.41, 5.74) is -0.505. The Hall–Kier alpha value is -4.21. The number of rotatable bonds is 14. The Morgan fingerprint density at radius 1 is 0.804 bits per heavy atom. The van der Waals surface area contributed by atoms with Crippen LogP contribution in [0.4, 0.5) is 32.3 Å². The summed E-state index contributed by atoms with van der Waals surface area (Å²) in [5.74, 6) is 0.262. The van der Waals surface area contributed by atoms with Gasteiger partial charge in [-0.15, -0.1) is 0 Å². The van der Waals surface area contributed by atoms with Gasteiger partial charge in [-0.25, -0.2) is 9.97 Å². The second-order valence-corrected chi connectivity index (χ2v) is 11.5. The van der Waals surface area contributed by atoms with Crippen LogP contribution in [0.25, 0.3) is 11.1 Å². The number of hydrogen-bond donors (Lipinski definition) is 1. The van der Waals surface area contributed by atoms with E-state index in [0.29, 0.717) is 46.1 Å². The molecule has 0 spiro atoms. The largest absolute Gasteiger partial charge is 1.00 e. The standard InChI is InChI=1S/C35H35F6N3O6.Na.H/c1-20(2)22-6-7-29(47-3)28(12-22)27-15-31(49-5)30(48-4)13-23(27)19-44(33-42-16-26(17-43-33)50-9-8-32(45)46)18-21-10-24(34(36,37)38)14-25(11-21)35(39,40)41;;/h6-7,10-17,20H,8-9,18-19H2,1-5H3,(H,45,46);;/q;+1;-1. The van der Waals surface area contributed by atoms with Gasteiger partial charge in [0.15, 0.2) is 17.2 Å². The molecular weight excluding hydrogens is 695 g/mol. The summed E-state index contributed by atoms with van der Waals surface area (Å²) >= 11 is 0. The average Bonchev–Trinajstić information content (AvgIpc) is 3.06. The van der Waals surface area contributed by atoms with E-state index in [0.717, 1.165) is 5.56 Å². The molecule has 0 aliphatic rings. The minimum absolute atomic E-state index is 0. The van der Waals surface area contributed by atoms with Crippen molar-refractivity contribution in [3.8, 4) is 34.1 Å². The molecule has 4 aromatic rings. The third kappa shape index (κ3) is 10.7. The van der Waals surface area contributed by atoms with Crippen molar-refractivity contribution in [2.45, 2.75) is 51.6 Å². The maximum absolute atomic E-state index is 13.8. The predicted octanol–water partition coefficient (Wildman–Crippen LogP) is 5.51. The number of carbonyl (C=O) groups is 1. The molecule has 1 N–H and O–H groups in total. The average molecular weight is 732 g/mol. The molecule has 0 amide bonds. The van der Waals surface area contributed by atoms with E-state index in [4.69, 9.17) is 24.1 Å². The number of carboxylic acid groups (broad SMARTS) is 1. The smallest absolute Gasteiger partial charge is 1.00 e. The molecule has 0 aliphatic carbocycles. The maximum atomic E-state index is 13.8. The van der Waals surface area contributed by atoms with Crippen LogP contribution in [-0.4, -0.2) is 49.0 Å². The number of nitrogens with zero attached hydrogens (tertiary/aromatic N) is 3. The fourth-order valence-electron chi connectivity index (χ4n) is 5.14. The number of benzene rings is 3. The number of alkyl halides is 6. The molecule has 0 unspecified atom stereocenters. The summed E-state index contributed by atoms with van der Waals surface area (Å²) in [4.78, 5) is 20.8. The van der Waals surface area contributed by atoms with Crippen molar-refractivity contribution in [3.63, 3.8) is 0 Å². The van der Waals surface area contributed by atoms with Gasteiger partial charge in [0.05, 0.1) is 57.9 Å². The first-order valence-corrected chi connectivity index (χ1v) is 15.2. The summed E-state index contributed by atoms with van der Waals surface area (Å²) in [5, 5.41) is 8.90. The van der Waals surface area contributed by atoms with Crippen LogP contribution in [0, 0.1) is 0 Å². The van der Waals surface area contributed by atoms with E-state index < -0.39 is 36.0 Å². The van der Waals surface area contributed by atoms with Gasteiger partial charge in [0.1, 0.15) is 5.75 Å². The van der Waals surface area contributed by atoms with Crippen LogP contribution in [0.5, 0.6) is 23.0 Å². The molecule has 0 radical (unpaired) electrons. The van der Waals surface area contributed by atoms with Gasteiger partial charge in [-0.1, -0.05) is 19.9 Å². The summed E-state index contributed by atoms with van der Waals surface area (Å²) < 4.78 is 105. The van der Waals surface area contributed by atoms with Gasteiger partial charge in [-0.2, -0.15) is 26.3 Å². The van der Waals surface area contributed by atoms with Crippen molar-refractivity contribution in [2.75, 3.05) is 32.8 Å². The van der Waals surface area contributed by atoms with Gasteiger partial charge >= 0.3 is 47.9 Å².